The zero-order valence-corrected chi connectivity index (χ0v) is 8.80. The molecule has 0 bridgehead atoms. The number of hydrogen-bond acceptors (Lipinski definition) is 5. The van der Waals surface area contributed by atoms with Crippen LogP contribution in [-0.2, 0) is 0 Å². The Labute approximate surface area is 93.0 Å². The van der Waals surface area contributed by atoms with Crippen LogP contribution in [0.1, 0.15) is 12.8 Å². The van der Waals surface area contributed by atoms with Crippen LogP contribution in [-0.4, -0.2) is 22.5 Å². The molecule has 1 aromatic rings. The molecule has 1 atom stereocenters. The number of nitrogens with one attached hydrogen (secondary N) is 1. The Bertz CT molecular complexity index is 375. The minimum absolute atomic E-state index is 0.00274. The van der Waals surface area contributed by atoms with E-state index in [9.17, 15) is 10.1 Å². The summed E-state index contributed by atoms with van der Waals surface area (Å²) in [6, 6.07) is 3.17. The van der Waals surface area contributed by atoms with Crippen molar-refractivity contribution in [1.82, 2.24) is 4.98 Å². The lowest BCUT2D eigenvalue weighted by molar-refractivity contribution is -0.385. The summed E-state index contributed by atoms with van der Waals surface area (Å²) >= 11 is 0. The molecule has 86 valence electrons. The maximum Gasteiger partial charge on any atom is 0.287 e. The van der Waals surface area contributed by atoms with Crippen molar-refractivity contribution in [2.45, 2.75) is 18.9 Å². The average Bonchev–Trinajstić information content (AvgIpc) is 3.10. The number of nitrogens with zero attached hydrogens (tertiary/aromatic N) is 2. The smallest absolute Gasteiger partial charge is 0.287 e. The monoisotopic (exact) mass is 222 g/mol. The van der Waals surface area contributed by atoms with Crippen molar-refractivity contribution in [3.05, 3.63) is 28.4 Å². The van der Waals surface area contributed by atoms with Crippen molar-refractivity contribution >= 4 is 11.5 Å². The van der Waals surface area contributed by atoms with Gasteiger partial charge in [0.1, 0.15) is 12.0 Å². The van der Waals surface area contributed by atoms with Crippen LogP contribution in [0.2, 0.25) is 0 Å². The first-order valence-corrected chi connectivity index (χ1v) is 5.26. The Balaban J connectivity index is 1.86. The Hall–Kier alpha value is -1.69. The SMILES string of the molecule is NC(CNc1ccc([N+](=O)[O-])cn1)C1CC1. The zero-order valence-electron chi connectivity index (χ0n) is 8.80. The third-order valence-electron chi connectivity index (χ3n) is 2.71. The molecule has 3 N–H and O–H groups in total. The third-order valence-corrected chi connectivity index (χ3v) is 2.71. The van der Waals surface area contributed by atoms with Gasteiger partial charge in [0.15, 0.2) is 0 Å². The fraction of sp³-hybridized carbons (Fsp3) is 0.500. The predicted octanol–water partition coefficient (Wildman–Crippen LogP) is 1.14. The van der Waals surface area contributed by atoms with Gasteiger partial charge < -0.3 is 11.1 Å². The molecule has 0 radical (unpaired) electrons. The summed E-state index contributed by atoms with van der Waals surface area (Å²) in [5, 5.41) is 13.5. The Morgan fingerprint density at radius 1 is 1.62 bits per heavy atom. The average molecular weight is 222 g/mol. The number of nitro groups is 1. The molecule has 1 fully saturated rings. The molecule has 0 saturated heterocycles. The van der Waals surface area contributed by atoms with Gasteiger partial charge in [-0.1, -0.05) is 0 Å². The molecule has 1 aromatic heterocycles. The first kappa shape index (κ1) is 10.8. The van der Waals surface area contributed by atoms with Crippen LogP contribution in [0.15, 0.2) is 18.3 Å². The van der Waals surface area contributed by atoms with Crippen molar-refractivity contribution in [3.63, 3.8) is 0 Å². The van der Waals surface area contributed by atoms with E-state index in [4.69, 9.17) is 5.73 Å². The van der Waals surface area contributed by atoms with Gasteiger partial charge in [0.05, 0.1) is 4.92 Å². The van der Waals surface area contributed by atoms with E-state index in [-0.39, 0.29) is 11.7 Å². The van der Waals surface area contributed by atoms with Gasteiger partial charge in [0.25, 0.3) is 5.69 Å². The molecule has 6 heteroatoms. The minimum Gasteiger partial charge on any atom is -0.369 e. The van der Waals surface area contributed by atoms with E-state index < -0.39 is 4.92 Å². The van der Waals surface area contributed by atoms with Gasteiger partial charge in [-0.2, -0.15) is 0 Å². The largest absolute Gasteiger partial charge is 0.369 e. The van der Waals surface area contributed by atoms with Crippen LogP contribution < -0.4 is 11.1 Å². The van der Waals surface area contributed by atoms with Gasteiger partial charge in [-0.05, 0) is 24.8 Å². The number of rotatable bonds is 5. The van der Waals surface area contributed by atoms with Crippen LogP contribution >= 0.6 is 0 Å². The highest BCUT2D eigenvalue weighted by molar-refractivity contribution is 5.40. The third kappa shape index (κ3) is 2.66. The predicted molar refractivity (Wildman–Crippen MR) is 60.1 cm³/mol. The van der Waals surface area contributed by atoms with Crippen molar-refractivity contribution in [2.75, 3.05) is 11.9 Å². The molecule has 2 rings (SSSR count). The van der Waals surface area contributed by atoms with E-state index in [1.807, 2.05) is 0 Å². The van der Waals surface area contributed by atoms with Crippen LogP contribution in [0.5, 0.6) is 0 Å². The topological polar surface area (TPSA) is 94.1 Å². The molecule has 1 unspecified atom stereocenters. The summed E-state index contributed by atoms with van der Waals surface area (Å²) in [4.78, 5) is 13.9. The van der Waals surface area contributed by atoms with E-state index in [0.717, 1.165) is 0 Å². The summed E-state index contributed by atoms with van der Waals surface area (Å²) in [5.74, 6) is 1.26. The standard InChI is InChI=1S/C10H14N4O2/c11-9(7-1-2-7)6-13-10-4-3-8(5-12-10)14(15)16/h3-5,7,9H,1-2,6,11H2,(H,12,13). The molecule has 6 nitrogen and oxygen atoms in total. The lowest BCUT2D eigenvalue weighted by Crippen LogP contribution is -2.31. The van der Waals surface area contributed by atoms with Crippen molar-refractivity contribution < 1.29 is 4.92 Å². The van der Waals surface area contributed by atoms with E-state index in [1.54, 1.807) is 6.07 Å². The van der Waals surface area contributed by atoms with Gasteiger partial charge in [-0.3, -0.25) is 10.1 Å². The van der Waals surface area contributed by atoms with E-state index in [2.05, 4.69) is 10.3 Å². The summed E-state index contributed by atoms with van der Waals surface area (Å²) < 4.78 is 0. The van der Waals surface area contributed by atoms with Gasteiger partial charge >= 0.3 is 0 Å². The van der Waals surface area contributed by atoms with Gasteiger partial charge in [0, 0.05) is 18.7 Å². The summed E-state index contributed by atoms with van der Waals surface area (Å²) in [6.07, 6.45) is 3.65. The van der Waals surface area contributed by atoms with Crippen LogP contribution in [0.3, 0.4) is 0 Å². The molecular formula is C10H14N4O2. The molecule has 1 aliphatic rings. The van der Waals surface area contributed by atoms with Gasteiger partial charge in [-0.25, -0.2) is 4.98 Å². The van der Waals surface area contributed by atoms with Crippen molar-refractivity contribution in [1.29, 1.82) is 0 Å². The first-order chi connectivity index (χ1) is 7.66. The maximum atomic E-state index is 10.4. The van der Waals surface area contributed by atoms with Crippen molar-refractivity contribution in [2.24, 2.45) is 11.7 Å². The van der Waals surface area contributed by atoms with Crippen LogP contribution in [0, 0.1) is 16.0 Å². The second-order valence-electron chi connectivity index (χ2n) is 4.04. The van der Waals surface area contributed by atoms with Gasteiger partial charge in [0.2, 0.25) is 0 Å². The fourth-order valence-electron chi connectivity index (χ4n) is 1.51. The highest BCUT2D eigenvalue weighted by atomic mass is 16.6. The zero-order chi connectivity index (χ0) is 11.5. The number of aromatic nitrogens is 1. The molecule has 0 spiro atoms. The Kier molecular flexibility index (Phi) is 3.00. The fourth-order valence-corrected chi connectivity index (χ4v) is 1.51. The van der Waals surface area contributed by atoms with Crippen molar-refractivity contribution in [3.8, 4) is 0 Å². The van der Waals surface area contributed by atoms with E-state index >= 15 is 0 Å². The highest BCUT2D eigenvalue weighted by Gasteiger charge is 2.28. The first-order valence-electron chi connectivity index (χ1n) is 5.26. The molecule has 0 amide bonds. The maximum absolute atomic E-state index is 10.4. The molecule has 0 aliphatic heterocycles. The second kappa shape index (κ2) is 4.44. The molecule has 1 saturated carbocycles. The van der Waals surface area contributed by atoms with E-state index in [1.165, 1.54) is 25.1 Å². The molecular weight excluding hydrogens is 208 g/mol. The molecule has 1 heterocycles. The Morgan fingerprint density at radius 3 is 2.88 bits per heavy atom. The normalized spacial score (nSPS) is 16.8. The number of pyridine rings is 1. The van der Waals surface area contributed by atoms with Crippen LogP contribution in [0.25, 0.3) is 0 Å². The second-order valence-corrected chi connectivity index (χ2v) is 4.04. The molecule has 16 heavy (non-hydrogen) atoms. The van der Waals surface area contributed by atoms with Gasteiger partial charge in [-0.15, -0.1) is 0 Å². The lowest BCUT2D eigenvalue weighted by atomic mass is 10.2. The number of nitrogens with two attached hydrogens (primary N) is 1. The Morgan fingerprint density at radius 2 is 2.38 bits per heavy atom. The lowest BCUT2D eigenvalue weighted by Gasteiger charge is -2.11. The summed E-state index contributed by atoms with van der Waals surface area (Å²) in [7, 11) is 0. The summed E-state index contributed by atoms with van der Waals surface area (Å²) in [6.45, 7) is 0.662. The molecule has 1 aliphatic carbocycles. The highest BCUT2D eigenvalue weighted by Crippen LogP contribution is 2.31. The van der Waals surface area contributed by atoms with E-state index in [0.29, 0.717) is 18.3 Å². The number of hydrogen-bond donors (Lipinski definition) is 2. The number of anilines is 1. The molecule has 0 aromatic carbocycles. The summed E-state index contributed by atoms with van der Waals surface area (Å²) in [5.41, 5.74) is 5.90. The minimum atomic E-state index is -0.466. The van der Waals surface area contributed by atoms with Crippen LogP contribution in [0.4, 0.5) is 11.5 Å². The quantitative estimate of drug-likeness (QED) is 0.575.